The molecule has 2 aliphatic heterocycles. The summed E-state index contributed by atoms with van der Waals surface area (Å²) in [5.41, 5.74) is 2.81. The summed E-state index contributed by atoms with van der Waals surface area (Å²) >= 11 is 6.03. The number of nitrogens with zero attached hydrogens (tertiary/aromatic N) is 2. The first-order valence-electron chi connectivity index (χ1n) is 10.4. The third-order valence-corrected chi connectivity index (χ3v) is 5.69. The predicted octanol–water partition coefficient (Wildman–Crippen LogP) is 3.64. The largest absolute Gasteiger partial charge is 0.486 e. The Hall–Kier alpha value is -3.56. The molecule has 170 valence electrons. The van der Waals surface area contributed by atoms with Crippen LogP contribution < -0.4 is 20.1 Å². The maximum atomic E-state index is 12.8. The molecule has 3 aromatic rings. The minimum atomic E-state index is -0.783. The number of hydrogen-bond acceptors (Lipinski definition) is 6. The number of carbonyl (C=O) groups is 2. The molecule has 0 aliphatic carbocycles. The summed E-state index contributed by atoms with van der Waals surface area (Å²) in [5, 5.41) is 10.9. The lowest BCUT2D eigenvalue weighted by atomic mass is 10.1. The van der Waals surface area contributed by atoms with E-state index in [0.717, 1.165) is 11.1 Å². The van der Waals surface area contributed by atoms with Gasteiger partial charge in [-0.05, 0) is 29.8 Å². The van der Waals surface area contributed by atoms with Crippen molar-refractivity contribution in [1.82, 2.24) is 9.78 Å². The Morgan fingerprint density at radius 3 is 2.73 bits per heavy atom. The zero-order valence-corrected chi connectivity index (χ0v) is 18.5. The van der Waals surface area contributed by atoms with Crippen LogP contribution in [0.3, 0.4) is 0 Å². The first-order valence-corrected chi connectivity index (χ1v) is 10.8. The Morgan fingerprint density at radius 2 is 1.97 bits per heavy atom. The smallest absolute Gasteiger partial charge is 0.251 e. The van der Waals surface area contributed by atoms with Crippen molar-refractivity contribution in [2.75, 3.05) is 31.0 Å². The zero-order chi connectivity index (χ0) is 22.9. The number of nitrogens with one attached hydrogen (secondary N) is 2. The number of methoxy groups -OCH3 is 1. The van der Waals surface area contributed by atoms with E-state index in [4.69, 9.17) is 25.8 Å². The van der Waals surface area contributed by atoms with E-state index in [1.165, 1.54) is 0 Å². The summed E-state index contributed by atoms with van der Waals surface area (Å²) in [6.07, 6.45) is -0.0819. The van der Waals surface area contributed by atoms with E-state index in [1.54, 1.807) is 42.1 Å². The highest BCUT2D eigenvalue weighted by molar-refractivity contribution is 6.30. The van der Waals surface area contributed by atoms with E-state index in [9.17, 15) is 9.59 Å². The molecule has 0 radical (unpaired) electrons. The molecule has 1 atom stereocenters. The first-order chi connectivity index (χ1) is 16.0. The van der Waals surface area contributed by atoms with E-state index in [2.05, 4.69) is 15.7 Å². The number of carbonyl (C=O) groups excluding carboxylic acids is 2. The van der Waals surface area contributed by atoms with Crippen LogP contribution in [0.15, 0.2) is 42.5 Å². The minimum Gasteiger partial charge on any atom is -0.486 e. The third-order valence-electron chi connectivity index (χ3n) is 5.44. The van der Waals surface area contributed by atoms with Crippen molar-refractivity contribution in [1.29, 1.82) is 0 Å². The van der Waals surface area contributed by atoms with Crippen molar-refractivity contribution in [3.05, 3.63) is 53.2 Å². The molecule has 33 heavy (non-hydrogen) atoms. The molecule has 0 bridgehead atoms. The molecule has 2 N–H and O–H groups in total. The number of benzene rings is 2. The summed E-state index contributed by atoms with van der Waals surface area (Å²) in [4.78, 5) is 25.5. The lowest BCUT2D eigenvalue weighted by molar-refractivity contribution is -0.123. The van der Waals surface area contributed by atoms with Crippen molar-refractivity contribution in [3.8, 4) is 22.6 Å². The maximum absolute atomic E-state index is 12.8. The molecule has 0 spiro atoms. The van der Waals surface area contributed by atoms with Gasteiger partial charge in [-0.25, -0.2) is 4.68 Å². The average Bonchev–Trinajstić information content (AvgIpc) is 3.29. The third kappa shape index (κ3) is 4.12. The van der Waals surface area contributed by atoms with Gasteiger partial charge in [0.25, 0.3) is 5.91 Å². The van der Waals surface area contributed by atoms with Gasteiger partial charge < -0.3 is 24.8 Å². The lowest BCUT2D eigenvalue weighted by Crippen LogP contribution is -2.24. The molecular formula is C23H21ClN4O5. The van der Waals surface area contributed by atoms with Gasteiger partial charge in [0, 0.05) is 29.4 Å². The maximum Gasteiger partial charge on any atom is 0.251 e. The highest BCUT2D eigenvalue weighted by Gasteiger charge is 2.37. The topological polar surface area (TPSA) is 104 Å². The molecular weight excluding hydrogens is 448 g/mol. The Bertz CT molecular complexity index is 1220. The van der Waals surface area contributed by atoms with E-state index in [1.807, 2.05) is 12.1 Å². The van der Waals surface area contributed by atoms with Crippen LogP contribution in [0.4, 0.5) is 11.5 Å². The van der Waals surface area contributed by atoms with Crippen LogP contribution in [0.2, 0.25) is 5.02 Å². The fourth-order valence-corrected chi connectivity index (χ4v) is 4.11. The summed E-state index contributed by atoms with van der Waals surface area (Å²) in [6.45, 7) is 1.20. The Morgan fingerprint density at radius 1 is 1.21 bits per heavy atom. The molecule has 9 nitrogen and oxygen atoms in total. The fourth-order valence-electron chi connectivity index (χ4n) is 3.98. The second-order valence-corrected chi connectivity index (χ2v) is 8.11. The van der Waals surface area contributed by atoms with E-state index in [-0.39, 0.29) is 24.8 Å². The molecule has 2 aromatic carbocycles. The highest BCUT2D eigenvalue weighted by Crippen LogP contribution is 2.39. The molecule has 0 saturated heterocycles. The monoisotopic (exact) mass is 468 g/mol. The van der Waals surface area contributed by atoms with Crippen molar-refractivity contribution in [3.63, 3.8) is 0 Å². The normalized spacial score (nSPS) is 16.3. The number of hydrogen-bond donors (Lipinski definition) is 2. The van der Waals surface area contributed by atoms with Crippen LogP contribution in [-0.4, -0.2) is 41.9 Å². The molecule has 5 rings (SSSR count). The van der Waals surface area contributed by atoms with Gasteiger partial charge in [-0.1, -0.05) is 23.7 Å². The van der Waals surface area contributed by atoms with E-state index < -0.39 is 6.04 Å². The standard InChI is InChI=1S/C23H21ClN4O5/c1-31-12-16-21(13-2-4-14(24)5-3-13)22-26-23(30)17(28(22)27-16)11-20(29)25-15-6-7-18-19(10-15)33-9-8-32-18/h2-7,10,17H,8-9,11-12H2,1H3,(H,25,29)(H,26,30). The van der Waals surface area contributed by atoms with Crippen LogP contribution in [0.25, 0.3) is 11.1 Å². The molecule has 0 fully saturated rings. The molecule has 1 unspecified atom stereocenters. The van der Waals surface area contributed by atoms with Crippen molar-refractivity contribution < 1.29 is 23.8 Å². The summed E-state index contributed by atoms with van der Waals surface area (Å²) in [6, 6.07) is 11.6. The molecule has 2 aliphatic rings. The van der Waals surface area contributed by atoms with Crippen LogP contribution in [-0.2, 0) is 20.9 Å². The van der Waals surface area contributed by atoms with E-state index >= 15 is 0 Å². The number of amides is 2. The molecule has 0 saturated carbocycles. The first kappa shape index (κ1) is 21.3. The summed E-state index contributed by atoms with van der Waals surface area (Å²) < 4.78 is 17.9. The Kier molecular flexibility index (Phi) is 5.65. The molecule has 3 heterocycles. The van der Waals surface area contributed by atoms with Gasteiger partial charge in [0.05, 0.1) is 18.7 Å². The number of aromatic nitrogens is 2. The SMILES string of the molecule is COCc1nn2c(c1-c1ccc(Cl)cc1)NC(=O)C2CC(=O)Nc1ccc2c(c1)OCCO2. The van der Waals surface area contributed by atoms with Gasteiger partial charge in [0.15, 0.2) is 11.5 Å². The van der Waals surface area contributed by atoms with Gasteiger partial charge in [-0.3, -0.25) is 9.59 Å². The molecule has 1 aromatic heterocycles. The fraction of sp³-hybridized carbons (Fsp3) is 0.261. The van der Waals surface area contributed by atoms with Crippen molar-refractivity contribution >= 4 is 34.9 Å². The number of fused-ring (bicyclic) bond motifs is 2. The van der Waals surface area contributed by atoms with Gasteiger partial charge in [-0.15, -0.1) is 0 Å². The molecule has 2 amide bonds. The highest BCUT2D eigenvalue weighted by atomic mass is 35.5. The van der Waals surface area contributed by atoms with Gasteiger partial charge in [-0.2, -0.15) is 5.10 Å². The number of halogens is 1. The van der Waals surface area contributed by atoms with E-state index in [0.29, 0.717) is 46.9 Å². The van der Waals surface area contributed by atoms with Crippen LogP contribution in [0.5, 0.6) is 11.5 Å². The number of rotatable bonds is 6. The zero-order valence-electron chi connectivity index (χ0n) is 17.8. The Balaban J connectivity index is 1.38. The second kappa shape index (κ2) is 8.76. The van der Waals surface area contributed by atoms with Crippen molar-refractivity contribution in [2.24, 2.45) is 0 Å². The van der Waals surface area contributed by atoms with Gasteiger partial charge in [0.2, 0.25) is 5.91 Å². The molecule has 10 heteroatoms. The van der Waals surface area contributed by atoms with Gasteiger partial charge >= 0.3 is 0 Å². The summed E-state index contributed by atoms with van der Waals surface area (Å²) in [5.74, 6) is 1.12. The Labute approximate surface area is 194 Å². The number of ether oxygens (including phenoxy) is 3. The van der Waals surface area contributed by atoms with Crippen LogP contribution in [0, 0.1) is 0 Å². The minimum absolute atomic E-state index is 0.0819. The average molecular weight is 469 g/mol. The predicted molar refractivity (Wildman–Crippen MR) is 122 cm³/mol. The lowest BCUT2D eigenvalue weighted by Gasteiger charge is -2.19. The van der Waals surface area contributed by atoms with Crippen LogP contribution >= 0.6 is 11.6 Å². The quantitative estimate of drug-likeness (QED) is 0.572. The summed E-state index contributed by atoms with van der Waals surface area (Å²) in [7, 11) is 1.58. The van der Waals surface area contributed by atoms with Crippen molar-refractivity contribution in [2.45, 2.75) is 19.1 Å². The van der Waals surface area contributed by atoms with Gasteiger partial charge in [0.1, 0.15) is 25.1 Å². The second-order valence-electron chi connectivity index (χ2n) is 7.67. The van der Waals surface area contributed by atoms with Crippen LogP contribution in [0.1, 0.15) is 18.2 Å². The number of anilines is 2.